The van der Waals surface area contributed by atoms with Crippen molar-refractivity contribution in [2.45, 2.75) is 31.7 Å². The topological polar surface area (TPSA) is 77.8 Å². The Labute approximate surface area is 76.0 Å². The molecule has 1 rings (SSSR count). The van der Waals surface area contributed by atoms with E-state index in [1.807, 2.05) is 0 Å². The predicted octanol–water partition coefficient (Wildman–Crippen LogP) is 0.994. The van der Waals surface area contributed by atoms with Gasteiger partial charge in [-0.15, -0.1) is 0 Å². The Hall–Kier alpha value is -1.26. The maximum atomic E-state index is 10.7. The van der Waals surface area contributed by atoms with Gasteiger partial charge in [0.15, 0.2) is 0 Å². The third-order valence-electron chi connectivity index (χ3n) is 2.28. The summed E-state index contributed by atoms with van der Waals surface area (Å²) in [6, 6.07) is -0.847. The molecule has 0 bridgehead atoms. The van der Waals surface area contributed by atoms with Gasteiger partial charge >= 0.3 is 12.1 Å². The van der Waals surface area contributed by atoms with Crippen LogP contribution in [0.2, 0.25) is 0 Å². The van der Waals surface area contributed by atoms with Gasteiger partial charge in [0.05, 0.1) is 0 Å². The van der Waals surface area contributed by atoms with E-state index in [0.717, 1.165) is 24.2 Å². The van der Waals surface area contributed by atoms with Crippen LogP contribution in [0.25, 0.3) is 0 Å². The van der Waals surface area contributed by atoms with E-state index in [2.05, 4.69) is 0 Å². The second-order valence-electron chi connectivity index (χ2n) is 3.18. The van der Waals surface area contributed by atoms with Gasteiger partial charge < -0.3 is 10.2 Å². The highest BCUT2D eigenvalue weighted by Gasteiger charge is 2.30. The van der Waals surface area contributed by atoms with Crippen molar-refractivity contribution in [1.82, 2.24) is 4.90 Å². The molecule has 13 heavy (non-hydrogen) atoms. The van der Waals surface area contributed by atoms with Gasteiger partial charge in [-0.05, 0) is 12.8 Å². The lowest BCUT2D eigenvalue weighted by molar-refractivity contribution is -0.142. The lowest BCUT2D eigenvalue weighted by Crippen LogP contribution is -2.43. The fourth-order valence-electron chi connectivity index (χ4n) is 1.59. The second-order valence-corrected chi connectivity index (χ2v) is 3.18. The summed E-state index contributed by atoms with van der Waals surface area (Å²) in [6.07, 6.45) is 1.76. The van der Waals surface area contributed by atoms with Crippen LogP contribution in [-0.2, 0) is 4.79 Å². The highest BCUT2D eigenvalue weighted by molar-refractivity contribution is 5.79. The van der Waals surface area contributed by atoms with Gasteiger partial charge in [-0.25, -0.2) is 9.59 Å². The molecule has 0 aromatic rings. The Kier molecular flexibility index (Phi) is 3.11. The number of rotatable bonds is 1. The van der Waals surface area contributed by atoms with Crippen LogP contribution >= 0.6 is 0 Å². The zero-order valence-electron chi connectivity index (χ0n) is 7.27. The summed E-state index contributed by atoms with van der Waals surface area (Å²) < 4.78 is 0. The predicted molar refractivity (Wildman–Crippen MR) is 44.6 cm³/mol. The highest BCUT2D eigenvalue weighted by Crippen LogP contribution is 2.16. The quantitative estimate of drug-likeness (QED) is 0.641. The molecule has 5 heteroatoms. The van der Waals surface area contributed by atoms with E-state index in [9.17, 15) is 9.59 Å². The van der Waals surface area contributed by atoms with Crippen LogP contribution in [0.3, 0.4) is 0 Å². The monoisotopic (exact) mass is 187 g/mol. The zero-order valence-corrected chi connectivity index (χ0v) is 7.27. The van der Waals surface area contributed by atoms with Crippen LogP contribution in [0.4, 0.5) is 4.79 Å². The summed E-state index contributed by atoms with van der Waals surface area (Å²) >= 11 is 0. The molecule has 1 amide bonds. The molecule has 1 aliphatic heterocycles. The molecule has 1 saturated heterocycles. The summed E-state index contributed by atoms with van der Waals surface area (Å²) in [6.45, 7) is 0.340. The molecule has 0 radical (unpaired) electrons. The van der Waals surface area contributed by atoms with Crippen molar-refractivity contribution in [3.63, 3.8) is 0 Å². The Morgan fingerprint density at radius 2 is 1.85 bits per heavy atom. The summed E-state index contributed by atoms with van der Waals surface area (Å²) in [4.78, 5) is 22.4. The number of hydrogen-bond donors (Lipinski definition) is 2. The number of likely N-dealkylation sites (tertiary alicyclic amines) is 1. The van der Waals surface area contributed by atoms with E-state index in [4.69, 9.17) is 10.2 Å². The molecule has 0 spiro atoms. The van der Waals surface area contributed by atoms with Crippen LogP contribution in [0.1, 0.15) is 25.7 Å². The number of amides is 1. The van der Waals surface area contributed by atoms with Crippen LogP contribution in [-0.4, -0.2) is 39.8 Å². The first-order valence-corrected chi connectivity index (χ1v) is 4.35. The van der Waals surface area contributed by atoms with Crippen molar-refractivity contribution in [3.8, 4) is 0 Å². The van der Waals surface area contributed by atoms with Crippen molar-refractivity contribution >= 4 is 12.1 Å². The Morgan fingerprint density at radius 3 is 2.38 bits per heavy atom. The van der Waals surface area contributed by atoms with Crippen molar-refractivity contribution in [2.24, 2.45) is 0 Å². The lowest BCUT2D eigenvalue weighted by Gasteiger charge is -2.23. The van der Waals surface area contributed by atoms with E-state index in [1.165, 1.54) is 0 Å². The Morgan fingerprint density at radius 1 is 1.15 bits per heavy atom. The number of carboxylic acid groups (broad SMARTS) is 2. The van der Waals surface area contributed by atoms with E-state index in [-0.39, 0.29) is 0 Å². The summed E-state index contributed by atoms with van der Waals surface area (Å²) in [5.74, 6) is -1.04. The van der Waals surface area contributed by atoms with E-state index in [1.54, 1.807) is 0 Å². The average Bonchev–Trinajstić information content (AvgIpc) is 2.27. The minimum absolute atomic E-state index is 0.340. The molecule has 1 aliphatic rings. The van der Waals surface area contributed by atoms with Crippen molar-refractivity contribution in [1.29, 1.82) is 0 Å². The van der Waals surface area contributed by atoms with E-state index >= 15 is 0 Å². The number of hydrogen-bond acceptors (Lipinski definition) is 2. The molecule has 1 heterocycles. The number of aliphatic carboxylic acids is 1. The standard InChI is InChI=1S/C8H13NO4/c10-7(11)6-4-2-1-3-5-9(6)8(12)13/h6H,1-5H2,(H,10,11)(H,12,13). The third-order valence-corrected chi connectivity index (χ3v) is 2.28. The van der Waals surface area contributed by atoms with Gasteiger partial charge in [0, 0.05) is 6.54 Å². The maximum absolute atomic E-state index is 10.7. The number of carboxylic acids is 1. The normalized spacial score (nSPS) is 23.7. The van der Waals surface area contributed by atoms with Crippen molar-refractivity contribution in [2.75, 3.05) is 6.54 Å². The minimum atomic E-state index is -1.13. The minimum Gasteiger partial charge on any atom is -0.480 e. The third kappa shape index (κ3) is 2.34. The van der Waals surface area contributed by atoms with Gasteiger partial charge in [-0.2, -0.15) is 0 Å². The molecule has 0 saturated carbocycles. The van der Waals surface area contributed by atoms with Gasteiger partial charge in [0.25, 0.3) is 0 Å². The molecule has 1 unspecified atom stereocenters. The first kappa shape index (κ1) is 9.83. The fourth-order valence-corrected chi connectivity index (χ4v) is 1.59. The van der Waals surface area contributed by atoms with Crippen molar-refractivity contribution < 1.29 is 19.8 Å². The molecule has 2 N–H and O–H groups in total. The van der Waals surface area contributed by atoms with Crippen LogP contribution in [0, 0.1) is 0 Å². The van der Waals surface area contributed by atoms with Gasteiger partial charge in [-0.3, -0.25) is 4.90 Å². The largest absolute Gasteiger partial charge is 0.480 e. The molecule has 5 nitrogen and oxygen atoms in total. The van der Waals surface area contributed by atoms with Gasteiger partial charge in [-0.1, -0.05) is 12.8 Å². The fraction of sp³-hybridized carbons (Fsp3) is 0.750. The van der Waals surface area contributed by atoms with E-state index in [0.29, 0.717) is 13.0 Å². The van der Waals surface area contributed by atoms with Crippen LogP contribution in [0.15, 0.2) is 0 Å². The molecular formula is C8H13NO4. The summed E-state index contributed by atoms with van der Waals surface area (Å²) in [5, 5.41) is 17.5. The molecular weight excluding hydrogens is 174 g/mol. The zero-order chi connectivity index (χ0) is 9.84. The molecule has 1 fully saturated rings. The smallest absolute Gasteiger partial charge is 0.408 e. The van der Waals surface area contributed by atoms with Crippen LogP contribution < -0.4 is 0 Å². The van der Waals surface area contributed by atoms with Gasteiger partial charge in [0.2, 0.25) is 0 Å². The maximum Gasteiger partial charge on any atom is 0.408 e. The SMILES string of the molecule is O=C(O)C1CCCCCN1C(=O)O. The molecule has 0 aromatic heterocycles. The second kappa shape index (κ2) is 4.11. The average molecular weight is 187 g/mol. The Bertz CT molecular complexity index is 194. The first-order chi connectivity index (χ1) is 6.13. The Balaban J connectivity index is 2.72. The molecule has 74 valence electrons. The van der Waals surface area contributed by atoms with Crippen LogP contribution in [0.5, 0.6) is 0 Å². The number of nitrogens with zero attached hydrogens (tertiary/aromatic N) is 1. The molecule has 0 aromatic carbocycles. The van der Waals surface area contributed by atoms with E-state index < -0.39 is 18.1 Å². The molecule has 0 aliphatic carbocycles. The lowest BCUT2D eigenvalue weighted by atomic mass is 10.1. The summed E-state index contributed by atoms with van der Waals surface area (Å²) in [5.41, 5.74) is 0. The summed E-state index contributed by atoms with van der Waals surface area (Å²) in [7, 11) is 0. The van der Waals surface area contributed by atoms with Crippen molar-refractivity contribution in [3.05, 3.63) is 0 Å². The molecule has 1 atom stereocenters. The number of carbonyl (C=O) groups is 2. The first-order valence-electron chi connectivity index (χ1n) is 4.35. The highest BCUT2D eigenvalue weighted by atomic mass is 16.4. The van der Waals surface area contributed by atoms with Gasteiger partial charge in [0.1, 0.15) is 6.04 Å².